The van der Waals surface area contributed by atoms with E-state index in [0.29, 0.717) is 4.60 Å². The van der Waals surface area contributed by atoms with Crippen LogP contribution < -0.4 is 5.43 Å². The lowest BCUT2D eigenvalue weighted by Gasteiger charge is -1.92. The Bertz CT molecular complexity index is 268. The number of aromatic nitrogens is 2. The minimum atomic E-state index is -0.0897. The second-order valence-corrected chi connectivity index (χ2v) is 2.40. The first-order valence-corrected chi connectivity index (χ1v) is 3.19. The third-order valence-electron chi connectivity index (χ3n) is 0.891. The van der Waals surface area contributed by atoms with E-state index in [1.54, 1.807) is 17.9 Å². The number of aryl methyl sites for hydroxylation is 1. The van der Waals surface area contributed by atoms with Gasteiger partial charge in [-0.1, -0.05) is 0 Å². The molecular weight excluding hydrogens is 184 g/mol. The average molecular weight is 189 g/mol. The zero-order chi connectivity index (χ0) is 6.85. The summed E-state index contributed by atoms with van der Waals surface area (Å²) in [6.07, 6.45) is 1.60. The van der Waals surface area contributed by atoms with E-state index in [1.165, 1.54) is 6.07 Å². The van der Waals surface area contributed by atoms with Crippen LogP contribution in [0.25, 0.3) is 0 Å². The fourth-order valence-electron chi connectivity index (χ4n) is 0.465. The van der Waals surface area contributed by atoms with Crippen molar-refractivity contribution in [2.24, 2.45) is 7.05 Å². The molecule has 0 aromatic carbocycles. The van der Waals surface area contributed by atoms with E-state index in [0.717, 1.165) is 0 Å². The van der Waals surface area contributed by atoms with Crippen molar-refractivity contribution in [2.75, 3.05) is 0 Å². The van der Waals surface area contributed by atoms with Crippen molar-refractivity contribution in [3.8, 4) is 0 Å². The molecule has 0 bridgehead atoms. The molecule has 0 saturated carbocycles. The lowest BCUT2D eigenvalue weighted by molar-refractivity contribution is 0.722. The predicted octanol–water partition coefficient (Wildman–Crippen LogP) is 0.543. The summed E-state index contributed by atoms with van der Waals surface area (Å²) in [5.74, 6) is 0. The van der Waals surface area contributed by atoms with Gasteiger partial charge < -0.3 is 0 Å². The number of halogens is 1. The van der Waals surface area contributed by atoms with Crippen LogP contribution >= 0.6 is 15.9 Å². The van der Waals surface area contributed by atoms with Gasteiger partial charge in [-0.3, -0.25) is 9.48 Å². The molecule has 0 unspecified atom stereocenters. The predicted molar refractivity (Wildman–Crippen MR) is 37.2 cm³/mol. The van der Waals surface area contributed by atoms with E-state index in [1.807, 2.05) is 0 Å². The summed E-state index contributed by atoms with van der Waals surface area (Å²) in [6, 6.07) is 1.46. The lowest BCUT2D eigenvalue weighted by Crippen LogP contribution is -2.07. The van der Waals surface area contributed by atoms with Crippen molar-refractivity contribution < 1.29 is 0 Å². The molecule has 3 nitrogen and oxygen atoms in total. The molecule has 0 fully saturated rings. The van der Waals surface area contributed by atoms with E-state index in [9.17, 15) is 4.79 Å². The Balaban J connectivity index is 3.34. The number of hydrogen-bond acceptors (Lipinski definition) is 2. The first-order chi connectivity index (χ1) is 4.20. The molecule has 9 heavy (non-hydrogen) atoms. The van der Waals surface area contributed by atoms with E-state index >= 15 is 0 Å². The first-order valence-electron chi connectivity index (χ1n) is 2.39. The van der Waals surface area contributed by atoms with E-state index in [2.05, 4.69) is 21.0 Å². The Kier molecular flexibility index (Phi) is 1.66. The quantitative estimate of drug-likeness (QED) is 0.597. The highest BCUT2D eigenvalue weighted by Crippen LogP contribution is 1.93. The Hall–Kier alpha value is -0.640. The topological polar surface area (TPSA) is 34.9 Å². The third kappa shape index (κ3) is 1.38. The number of nitrogens with zero attached hydrogens (tertiary/aromatic N) is 2. The van der Waals surface area contributed by atoms with Gasteiger partial charge in [-0.15, -0.1) is 0 Å². The zero-order valence-corrected chi connectivity index (χ0v) is 6.42. The van der Waals surface area contributed by atoms with Crippen LogP contribution in [0.5, 0.6) is 0 Å². The third-order valence-corrected chi connectivity index (χ3v) is 1.44. The summed E-state index contributed by atoms with van der Waals surface area (Å²) >= 11 is 3.00. The van der Waals surface area contributed by atoms with Gasteiger partial charge in [0.1, 0.15) is 0 Å². The van der Waals surface area contributed by atoms with Gasteiger partial charge in [0.25, 0.3) is 0 Å². The summed E-state index contributed by atoms with van der Waals surface area (Å²) in [5, 5.41) is 3.79. The maximum atomic E-state index is 10.6. The highest BCUT2D eigenvalue weighted by Gasteiger charge is 1.91. The fourth-order valence-corrected chi connectivity index (χ4v) is 0.848. The van der Waals surface area contributed by atoms with E-state index in [-0.39, 0.29) is 5.43 Å². The Labute approximate surface area is 60.4 Å². The first kappa shape index (κ1) is 6.48. The molecule has 0 saturated heterocycles. The molecule has 0 atom stereocenters. The number of rotatable bonds is 0. The minimum absolute atomic E-state index is 0.0897. The molecule has 0 aliphatic carbocycles. The van der Waals surface area contributed by atoms with Crippen molar-refractivity contribution in [2.45, 2.75) is 0 Å². The van der Waals surface area contributed by atoms with Crippen molar-refractivity contribution >= 4 is 15.9 Å². The summed E-state index contributed by atoms with van der Waals surface area (Å²) < 4.78 is 1.92. The monoisotopic (exact) mass is 188 g/mol. The van der Waals surface area contributed by atoms with Crippen molar-refractivity contribution in [3.05, 3.63) is 27.1 Å². The molecule has 0 spiro atoms. The molecule has 1 heterocycles. The standard InChI is InChI=1S/C5H5BrN2O/c1-8-3-2-4(9)5(6)7-8/h2-3H,1H3. The molecule has 0 radical (unpaired) electrons. The van der Waals surface area contributed by atoms with Crippen LogP contribution in [0, 0.1) is 0 Å². The van der Waals surface area contributed by atoms with Gasteiger partial charge in [0, 0.05) is 19.3 Å². The SMILES string of the molecule is Cn1ccc(=O)c(Br)n1. The van der Waals surface area contributed by atoms with E-state index < -0.39 is 0 Å². The molecule has 48 valence electrons. The van der Waals surface area contributed by atoms with Crippen LogP contribution in [0.4, 0.5) is 0 Å². The van der Waals surface area contributed by atoms with Crippen LogP contribution in [-0.4, -0.2) is 9.78 Å². The Morgan fingerprint density at radius 2 is 2.44 bits per heavy atom. The maximum Gasteiger partial charge on any atom is 0.214 e. The smallest absolute Gasteiger partial charge is 0.214 e. The van der Waals surface area contributed by atoms with Gasteiger partial charge in [0.15, 0.2) is 4.60 Å². The van der Waals surface area contributed by atoms with Gasteiger partial charge >= 0.3 is 0 Å². The zero-order valence-electron chi connectivity index (χ0n) is 4.84. The molecule has 0 aliphatic heterocycles. The van der Waals surface area contributed by atoms with Crippen LogP contribution in [-0.2, 0) is 7.05 Å². The van der Waals surface area contributed by atoms with Gasteiger partial charge in [-0.05, 0) is 15.9 Å². The summed E-state index contributed by atoms with van der Waals surface area (Å²) in [5.41, 5.74) is -0.0897. The molecule has 0 N–H and O–H groups in total. The second-order valence-electron chi connectivity index (χ2n) is 1.64. The van der Waals surface area contributed by atoms with Gasteiger partial charge in [-0.2, -0.15) is 5.10 Å². The minimum Gasteiger partial charge on any atom is -0.287 e. The molecule has 4 heteroatoms. The average Bonchev–Trinajstić information content (AvgIpc) is 1.80. The van der Waals surface area contributed by atoms with Crippen LogP contribution in [0.3, 0.4) is 0 Å². The summed E-state index contributed by atoms with van der Waals surface area (Å²) in [7, 11) is 1.75. The second kappa shape index (κ2) is 2.31. The number of hydrogen-bond donors (Lipinski definition) is 0. The van der Waals surface area contributed by atoms with Crippen molar-refractivity contribution in [3.63, 3.8) is 0 Å². The lowest BCUT2D eigenvalue weighted by atomic mass is 10.6. The van der Waals surface area contributed by atoms with Crippen LogP contribution in [0.2, 0.25) is 0 Å². The van der Waals surface area contributed by atoms with Crippen molar-refractivity contribution in [1.82, 2.24) is 9.78 Å². The van der Waals surface area contributed by atoms with E-state index in [4.69, 9.17) is 0 Å². The Morgan fingerprint density at radius 1 is 1.78 bits per heavy atom. The van der Waals surface area contributed by atoms with Crippen LogP contribution in [0.1, 0.15) is 0 Å². The normalized spacial score (nSPS) is 9.56. The fraction of sp³-hybridized carbons (Fsp3) is 0.200. The molecule has 1 aromatic heterocycles. The molecule has 0 amide bonds. The highest BCUT2D eigenvalue weighted by molar-refractivity contribution is 9.10. The van der Waals surface area contributed by atoms with Crippen LogP contribution in [0.15, 0.2) is 21.7 Å². The highest BCUT2D eigenvalue weighted by atomic mass is 79.9. The van der Waals surface area contributed by atoms with Gasteiger partial charge in [0.05, 0.1) is 0 Å². The van der Waals surface area contributed by atoms with Gasteiger partial charge in [0.2, 0.25) is 5.43 Å². The summed E-state index contributed by atoms with van der Waals surface area (Å²) in [4.78, 5) is 10.6. The molecular formula is C5H5BrN2O. The summed E-state index contributed by atoms with van der Waals surface area (Å²) in [6.45, 7) is 0. The molecule has 1 rings (SSSR count). The Morgan fingerprint density at radius 3 is 2.89 bits per heavy atom. The van der Waals surface area contributed by atoms with Crippen molar-refractivity contribution in [1.29, 1.82) is 0 Å². The molecule has 1 aromatic rings. The maximum absolute atomic E-state index is 10.6. The van der Waals surface area contributed by atoms with Gasteiger partial charge in [-0.25, -0.2) is 0 Å². The molecule has 0 aliphatic rings. The largest absolute Gasteiger partial charge is 0.287 e.